The molecule has 0 aromatic carbocycles. The van der Waals surface area contributed by atoms with Gasteiger partial charge in [-0.3, -0.25) is 0 Å². The summed E-state index contributed by atoms with van der Waals surface area (Å²) in [4.78, 5) is 8.03. The highest BCUT2D eigenvalue weighted by atomic mass is 35.5. The van der Waals surface area contributed by atoms with Crippen molar-refractivity contribution in [2.75, 3.05) is 17.6 Å². The fourth-order valence-electron chi connectivity index (χ4n) is 1.51. The van der Waals surface area contributed by atoms with Gasteiger partial charge < -0.3 is 5.32 Å². The molecular formula is C10H17ClN4O2S. The Labute approximate surface area is 112 Å². The third kappa shape index (κ3) is 4.75. The second kappa shape index (κ2) is 6.31. The van der Waals surface area contributed by atoms with Gasteiger partial charge in [0.1, 0.15) is 17.3 Å². The van der Waals surface area contributed by atoms with E-state index < -0.39 is 10.0 Å². The fraction of sp³-hybridized carbons (Fsp3) is 0.600. The highest BCUT2D eigenvalue weighted by Crippen LogP contribution is 2.27. The lowest BCUT2D eigenvalue weighted by Crippen LogP contribution is -2.19. The van der Waals surface area contributed by atoms with Crippen LogP contribution in [0.15, 0.2) is 6.33 Å². The molecule has 1 heterocycles. The third-order valence-electron chi connectivity index (χ3n) is 2.31. The quantitative estimate of drug-likeness (QED) is 0.609. The largest absolute Gasteiger partial charge is 0.370 e. The zero-order chi connectivity index (χ0) is 13.8. The van der Waals surface area contributed by atoms with Gasteiger partial charge in [0.2, 0.25) is 10.0 Å². The van der Waals surface area contributed by atoms with Gasteiger partial charge in [-0.1, -0.05) is 25.4 Å². The van der Waals surface area contributed by atoms with Gasteiger partial charge in [-0.25, -0.2) is 23.5 Å². The molecule has 8 heteroatoms. The molecule has 0 radical (unpaired) electrons. The lowest BCUT2D eigenvalue weighted by Gasteiger charge is -2.13. The Bertz CT molecular complexity index is 505. The highest BCUT2D eigenvalue weighted by molar-refractivity contribution is 7.89. The van der Waals surface area contributed by atoms with Crippen LogP contribution in [0.2, 0.25) is 5.15 Å². The van der Waals surface area contributed by atoms with Gasteiger partial charge in [0.15, 0.2) is 0 Å². The van der Waals surface area contributed by atoms with Crippen molar-refractivity contribution in [1.82, 2.24) is 9.97 Å². The first-order valence-corrected chi connectivity index (χ1v) is 7.65. The lowest BCUT2D eigenvalue weighted by molar-refractivity contribution is 0.595. The average Bonchev–Trinajstić information content (AvgIpc) is 2.22. The summed E-state index contributed by atoms with van der Waals surface area (Å²) in [5.41, 5.74) is 0.828. The summed E-state index contributed by atoms with van der Waals surface area (Å²) in [6.45, 7) is 4.43. The Morgan fingerprint density at radius 2 is 2.11 bits per heavy atom. The Hall–Kier alpha value is -0.920. The van der Waals surface area contributed by atoms with Crippen LogP contribution in [0, 0.1) is 0 Å². The Balaban J connectivity index is 2.65. The predicted molar refractivity (Wildman–Crippen MR) is 72.2 cm³/mol. The summed E-state index contributed by atoms with van der Waals surface area (Å²) in [5, 5.41) is 8.38. The molecule has 1 aromatic heterocycles. The fourth-order valence-corrected chi connectivity index (χ4v) is 2.40. The summed E-state index contributed by atoms with van der Waals surface area (Å²) in [6.07, 6.45) is 1.79. The van der Waals surface area contributed by atoms with Crippen molar-refractivity contribution in [3.8, 4) is 0 Å². The molecule has 0 unspecified atom stereocenters. The standard InChI is InChI=1S/C10H17ClN4O2S/c1-7(2)8-9(11)14-6-15-10(8)13-4-3-5-18(12,16)17/h6-7H,3-5H2,1-2H3,(H2,12,16,17)(H,13,14,15). The minimum absolute atomic E-state index is 0.0597. The zero-order valence-electron chi connectivity index (χ0n) is 10.4. The van der Waals surface area contributed by atoms with Crippen molar-refractivity contribution < 1.29 is 8.42 Å². The topological polar surface area (TPSA) is 98.0 Å². The Kier molecular flexibility index (Phi) is 5.30. The summed E-state index contributed by atoms with van der Waals surface area (Å²) in [7, 11) is -3.41. The van der Waals surface area contributed by atoms with Gasteiger partial charge in [-0.15, -0.1) is 0 Å². The van der Waals surface area contributed by atoms with Crippen LogP contribution < -0.4 is 10.5 Å². The molecule has 1 aromatic rings. The summed E-state index contributed by atoms with van der Waals surface area (Å²) >= 11 is 6.00. The molecule has 0 amide bonds. The Morgan fingerprint density at radius 1 is 1.44 bits per heavy atom. The smallest absolute Gasteiger partial charge is 0.209 e. The first-order chi connectivity index (χ1) is 8.31. The normalized spacial score (nSPS) is 11.8. The van der Waals surface area contributed by atoms with Crippen molar-refractivity contribution in [2.45, 2.75) is 26.2 Å². The minimum Gasteiger partial charge on any atom is -0.370 e. The van der Waals surface area contributed by atoms with Gasteiger partial charge in [-0.05, 0) is 12.3 Å². The van der Waals surface area contributed by atoms with Crippen LogP contribution in [-0.4, -0.2) is 30.7 Å². The van der Waals surface area contributed by atoms with E-state index in [0.717, 1.165) is 5.56 Å². The van der Waals surface area contributed by atoms with E-state index in [9.17, 15) is 8.42 Å². The molecule has 0 saturated carbocycles. The monoisotopic (exact) mass is 292 g/mol. The summed E-state index contributed by atoms with van der Waals surface area (Å²) in [6, 6.07) is 0. The number of halogens is 1. The predicted octanol–water partition coefficient (Wildman–Crippen LogP) is 1.34. The molecule has 0 atom stereocenters. The maximum atomic E-state index is 10.8. The van der Waals surface area contributed by atoms with Gasteiger partial charge >= 0.3 is 0 Å². The molecule has 6 nitrogen and oxygen atoms in total. The molecule has 3 N–H and O–H groups in total. The number of sulfonamides is 1. The van der Waals surface area contributed by atoms with Crippen molar-refractivity contribution >= 4 is 27.4 Å². The number of nitrogens with two attached hydrogens (primary N) is 1. The van der Waals surface area contributed by atoms with Gasteiger partial charge in [-0.2, -0.15) is 0 Å². The van der Waals surface area contributed by atoms with Crippen LogP contribution in [0.1, 0.15) is 31.7 Å². The first-order valence-electron chi connectivity index (χ1n) is 5.56. The molecule has 1 rings (SSSR count). The molecule has 0 bridgehead atoms. The minimum atomic E-state index is -3.41. The molecule has 0 aliphatic carbocycles. The van der Waals surface area contributed by atoms with E-state index in [4.69, 9.17) is 16.7 Å². The van der Waals surface area contributed by atoms with Gasteiger partial charge in [0.25, 0.3) is 0 Å². The van der Waals surface area contributed by atoms with E-state index >= 15 is 0 Å². The van der Waals surface area contributed by atoms with Crippen LogP contribution in [-0.2, 0) is 10.0 Å². The molecular weight excluding hydrogens is 276 g/mol. The van der Waals surface area contributed by atoms with Gasteiger partial charge in [0.05, 0.1) is 5.75 Å². The van der Waals surface area contributed by atoms with Crippen LogP contribution in [0.3, 0.4) is 0 Å². The molecule has 0 fully saturated rings. The number of hydrogen-bond donors (Lipinski definition) is 2. The van der Waals surface area contributed by atoms with Crippen molar-refractivity contribution in [1.29, 1.82) is 0 Å². The maximum absolute atomic E-state index is 10.8. The number of nitrogens with one attached hydrogen (secondary N) is 1. The van der Waals surface area contributed by atoms with E-state index in [-0.39, 0.29) is 11.7 Å². The van der Waals surface area contributed by atoms with E-state index in [1.54, 1.807) is 0 Å². The molecule has 0 spiro atoms. The van der Waals surface area contributed by atoms with E-state index in [0.29, 0.717) is 23.9 Å². The van der Waals surface area contributed by atoms with E-state index in [1.807, 2.05) is 13.8 Å². The number of primary sulfonamides is 1. The first kappa shape index (κ1) is 15.1. The number of aromatic nitrogens is 2. The molecule has 102 valence electrons. The molecule has 18 heavy (non-hydrogen) atoms. The lowest BCUT2D eigenvalue weighted by atomic mass is 10.1. The number of nitrogens with zero attached hydrogens (tertiary/aromatic N) is 2. The number of rotatable bonds is 6. The second-order valence-electron chi connectivity index (χ2n) is 4.23. The average molecular weight is 293 g/mol. The van der Waals surface area contributed by atoms with Crippen molar-refractivity contribution in [3.05, 3.63) is 17.0 Å². The molecule has 0 aliphatic rings. The van der Waals surface area contributed by atoms with Crippen LogP contribution in [0.5, 0.6) is 0 Å². The molecule has 0 aliphatic heterocycles. The van der Waals surface area contributed by atoms with E-state index in [1.165, 1.54) is 6.33 Å². The SMILES string of the molecule is CC(C)c1c(Cl)ncnc1NCCCS(N)(=O)=O. The highest BCUT2D eigenvalue weighted by Gasteiger charge is 2.13. The van der Waals surface area contributed by atoms with Crippen LogP contribution in [0.25, 0.3) is 0 Å². The molecule has 0 saturated heterocycles. The van der Waals surface area contributed by atoms with Crippen molar-refractivity contribution in [3.63, 3.8) is 0 Å². The number of anilines is 1. The summed E-state index contributed by atoms with van der Waals surface area (Å²) < 4.78 is 21.6. The third-order valence-corrected chi connectivity index (χ3v) is 3.47. The zero-order valence-corrected chi connectivity index (χ0v) is 11.9. The Morgan fingerprint density at radius 3 is 2.67 bits per heavy atom. The van der Waals surface area contributed by atoms with Crippen LogP contribution in [0.4, 0.5) is 5.82 Å². The van der Waals surface area contributed by atoms with Crippen LogP contribution >= 0.6 is 11.6 Å². The summed E-state index contributed by atoms with van der Waals surface area (Å²) in [5.74, 6) is 0.759. The number of hydrogen-bond acceptors (Lipinski definition) is 5. The van der Waals surface area contributed by atoms with E-state index in [2.05, 4.69) is 15.3 Å². The van der Waals surface area contributed by atoms with Gasteiger partial charge in [0, 0.05) is 12.1 Å². The van der Waals surface area contributed by atoms with Crippen molar-refractivity contribution in [2.24, 2.45) is 5.14 Å². The second-order valence-corrected chi connectivity index (χ2v) is 6.32. The maximum Gasteiger partial charge on any atom is 0.209 e.